The first-order valence-corrected chi connectivity index (χ1v) is 6.38. The molecule has 1 rings (SSSR count). The third kappa shape index (κ3) is 4.52. The standard InChI is InChI=1S/C14H19F3N2O/c1-4-13(20)19(9-8-18(2)3)12-7-5-6-11(10-12)14(15,16)17/h5-7,10H,4,8-9H2,1-3H3. The fourth-order valence-electron chi connectivity index (χ4n) is 1.74. The molecule has 0 fully saturated rings. The van der Waals surface area contributed by atoms with Gasteiger partial charge in [-0.2, -0.15) is 13.2 Å². The number of halogens is 3. The van der Waals surface area contributed by atoms with Crippen molar-refractivity contribution in [3.05, 3.63) is 29.8 Å². The van der Waals surface area contributed by atoms with Gasteiger partial charge in [0.25, 0.3) is 0 Å². The van der Waals surface area contributed by atoms with Gasteiger partial charge in [0.05, 0.1) is 5.56 Å². The molecule has 0 unspecified atom stereocenters. The molecular weight excluding hydrogens is 269 g/mol. The third-order valence-corrected chi connectivity index (χ3v) is 2.86. The molecule has 1 amide bonds. The minimum absolute atomic E-state index is 0.189. The van der Waals surface area contributed by atoms with Crippen LogP contribution in [0, 0.1) is 0 Å². The second-order valence-corrected chi connectivity index (χ2v) is 4.75. The summed E-state index contributed by atoms with van der Waals surface area (Å²) >= 11 is 0. The van der Waals surface area contributed by atoms with Gasteiger partial charge in [-0.05, 0) is 32.3 Å². The molecular formula is C14H19F3N2O. The van der Waals surface area contributed by atoms with E-state index in [-0.39, 0.29) is 18.0 Å². The number of amides is 1. The molecule has 112 valence electrons. The van der Waals surface area contributed by atoms with Gasteiger partial charge in [-0.3, -0.25) is 4.79 Å². The molecule has 0 aliphatic rings. The van der Waals surface area contributed by atoms with Crippen molar-refractivity contribution >= 4 is 11.6 Å². The minimum Gasteiger partial charge on any atom is -0.311 e. The Labute approximate surface area is 117 Å². The van der Waals surface area contributed by atoms with E-state index < -0.39 is 11.7 Å². The molecule has 0 radical (unpaired) electrons. The fraction of sp³-hybridized carbons (Fsp3) is 0.500. The van der Waals surface area contributed by atoms with Crippen molar-refractivity contribution in [1.29, 1.82) is 0 Å². The van der Waals surface area contributed by atoms with E-state index in [0.717, 1.165) is 12.1 Å². The zero-order chi connectivity index (χ0) is 15.3. The zero-order valence-corrected chi connectivity index (χ0v) is 11.9. The second-order valence-electron chi connectivity index (χ2n) is 4.75. The van der Waals surface area contributed by atoms with Gasteiger partial charge in [0.15, 0.2) is 0 Å². The molecule has 20 heavy (non-hydrogen) atoms. The highest BCUT2D eigenvalue weighted by molar-refractivity contribution is 5.93. The zero-order valence-electron chi connectivity index (χ0n) is 11.9. The van der Waals surface area contributed by atoms with Crippen LogP contribution in [0.2, 0.25) is 0 Å². The van der Waals surface area contributed by atoms with Gasteiger partial charge in [0.2, 0.25) is 5.91 Å². The van der Waals surface area contributed by atoms with E-state index in [1.807, 2.05) is 19.0 Å². The van der Waals surface area contributed by atoms with Crippen LogP contribution in [0.15, 0.2) is 24.3 Å². The molecule has 0 aliphatic heterocycles. The summed E-state index contributed by atoms with van der Waals surface area (Å²) in [6, 6.07) is 4.87. The van der Waals surface area contributed by atoms with Crippen LogP contribution in [0.25, 0.3) is 0 Å². The third-order valence-electron chi connectivity index (χ3n) is 2.86. The Kier molecular flexibility index (Phi) is 5.56. The lowest BCUT2D eigenvalue weighted by atomic mass is 10.1. The molecule has 1 aromatic carbocycles. The van der Waals surface area contributed by atoms with Crippen LogP contribution in [0.3, 0.4) is 0 Å². The van der Waals surface area contributed by atoms with Crippen LogP contribution in [0.5, 0.6) is 0 Å². The largest absolute Gasteiger partial charge is 0.416 e. The summed E-state index contributed by atoms with van der Waals surface area (Å²) in [5.41, 5.74) is -0.456. The molecule has 3 nitrogen and oxygen atoms in total. The Morgan fingerprint density at radius 2 is 1.85 bits per heavy atom. The molecule has 0 saturated carbocycles. The van der Waals surface area contributed by atoms with Gasteiger partial charge in [-0.15, -0.1) is 0 Å². The fourth-order valence-corrected chi connectivity index (χ4v) is 1.74. The van der Waals surface area contributed by atoms with Crippen molar-refractivity contribution in [3.63, 3.8) is 0 Å². The number of carbonyl (C=O) groups is 1. The molecule has 0 saturated heterocycles. The van der Waals surface area contributed by atoms with E-state index >= 15 is 0 Å². The first-order chi connectivity index (χ1) is 9.25. The summed E-state index contributed by atoms with van der Waals surface area (Å²) in [5, 5.41) is 0. The predicted molar refractivity (Wildman–Crippen MR) is 72.6 cm³/mol. The number of hydrogen-bond acceptors (Lipinski definition) is 2. The monoisotopic (exact) mass is 288 g/mol. The highest BCUT2D eigenvalue weighted by atomic mass is 19.4. The summed E-state index contributed by atoms with van der Waals surface area (Å²) in [5.74, 6) is -0.189. The predicted octanol–water partition coefficient (Wildman–Crippen LogP) is 3.01. The molecule has 0 N–H and O–H groups in total. The van der Waals surface area contributed by atoms with Crippen LogP contribution < -0.4 is 4.90 Å². The molecule has 0 heterocycles. The molecule has 6 heteroatoms. The molecule has 1 aromatic rings. The number of rotatable bonds is 5. The number of anilines is 1. The SMILES string of the molecule is CCC(=O)N(CCN(C)C)c1cccc(C(F)(F)F)c1. The van der Waals surface area contributed by atoms with Crippen LogP contribution in [0.4, 0.5) is 18.9 Å². The summed E-state index contributed by atoms with van der Waals surface area (Å²) in [4.78, 5) is 15.2. The maximum atomic E-state index is 12.7. The van der Waals surface area contributed by atoms with Gasteiger partial charge in [0, 0.05) is 25.2 Å². The number of carbonyl (C=O) groups excluding carboxylic acids is 1. The molecule has 0 atom stereocenters. The Balaban J connectivity index is 3.04. The van der Waals surface area contributed by atoms with E-state index in [1.165, 1.54) is 17.0 Å². The van der Waals surface area contributed by atoms with E-state index in [0.29, 0.717) is 13.1 Å². The normalized spacial score (nSPS) is 11.8. The number of nitrogens with zero attached hydrogens (tertiary/aromatic N) is 2. The van der Waals surface area contributed by atoms with Gasteiger partial charge in [-0.1, -0.05) is 13.0 Å². The molecule has 0 aliphatic carbocycles. The average molecular weight is 288 g/mol. The van der Waals surface area contributed by atoms with E-state index in [4.69, 9.17) is 0 Å². The number of likely N-dealkylation sites (N-methyl/N-ethyl adjacent to an activating group) is 1. The highest BCUT2D eigenvalue weighted by Crippen LogP contribution is 2.31. The van der Waals surface area contributed by atoms with Gasteiger partial charge in [0.1, 0.15) is 0 Å². The maximum absolute atomic E-state index is 12.7. The van der Waals surface area contributed by atoms with Crippen LogP contribution >= 0.6 is 0 Å². The van der Waals surface area contributed by atoms with Crippen molar-refractivity contribution in [2.75, 3.05) is 32.1 Å². The summed E-state index contributed by atoms with van der Waals surface area (Å²) in [7, 11) is 3.70. The van der Waals surface area contributed by atoms with Crippen molar-refractivity contribution < 1.29 is 18.0 Å². The number of alkyl halides is 3. The summed E-state index contributed by atoms with van der Waals surface area (Å²) in [6.45, 7) is 2.64. The van der Waals surface area contributed by atoms with E-state index in [1.54, 1.807) is 6.92 Å². The van der Waals surface area contributed by atoms with Gasteiger partial charge < -0.3 is 9.80 Å². The Morgan fingerprint density at radius 1 is 1.20 bits per heavy atom. The summed E-state index contributed by atoms with van der Waals surface area (Å²) < 4.78 is 38.2. The van der Waals surface area contributed by atoms with E-state index in [9.17, 15) is 18.0 Å². The van der Waals surface area contributed by atoms with Crippen LogP contribution in [0.1, 0.15) is 18.9 Å². The van der Waals surface area contributed by atoms with Gasteiger partial charge >= 0.3 is 6.18 Å². The quantitative estimate of drug-likeness (QED) is 0.831. The number of benzene rings is 1. The number of hydrogen-bond donors (Lipinski definition) is 0. The smallest absolute Gasteiger partial charge is 0.311 e. The molecule has 0 spiro atoms. The van der Waals surface area contributed by atoms with Crippen molar-refractivity contribution in [1.82, 2.24) is 4.90 Å². The maximum Gasteiger partial charge on any atom is 0.416 e. The van der Waals surface area contributed by atoms with Crippen LogP contribution in [-0.2, 0) is 11.0 Å². The van der Waals surface area contributed by atoms with Crippen molar-refractivity contribution in [2.45, 2.75) is 19.5 Å². The van der Waals surface area contributed by atoms with Gasteiger partial charge in [-0.25, -0.2) is 0 Å². The lowest BCUT2D eigenvalue weighted by Crippen LogP contribution is -2.36. The molecule has 0 bridgehead atoms. The van der Waals surface area contributed by atoms with Crippen molar-refractivity contribution in [3.8, 4) is 0 Å². The topological polar surface area (TPSA) is 23.6 Å². The second kappa shape index (κ2) is 6.74. The Bertz CT molecular complexity index is 458. The summed E-state index contributed by atoms with van der Waals surface area (Å²) in [6.07, 6.45) is -4.15. The Hall–Kier alpha value is -1.56. The van der Waals surface area contributed by atoms with Crippen molar-refractivity contribution in [2.24, 2.45) is 0 Å². The van der Waals surface area contributed by atoms with E-state index in [2.05, 4.69) is 0 Å². The lowest BCUT2D eigenvalue weighted by Gasteiger charge is -2.25. The first kappa shape index (κ1) is 16.5. The van der Waals surface area contributed by atoms with Crippen LogP contribution in [-0.4, -0.2) is 38.0 Å². The Morgan fingerprint density at radius 3 is 2.35 bits per heavy atom. The highest BCUT2D eigenvalue weighted by Gasteiger charge is 2.31. The first-order valence-electron chi connectivity index (χ1n) is 6.38. The average Bonchev–Trinajstić information content (AvgIpc) is 2.37. The molecule has 0 aromatic heterocycles. The minimum atomic E-state index is -4.40. The lowest BCUT2D eigenvalue weighted by molar-refractivity contribution is -0.137.